The van der Waals surface area contributed by atoms with E-state index in [2.05, 4.69) is 19.6 Å². The number of anilines is 1. The van der Waals surface area contributed by atoms with Crippen LogP contribution in [0.1, 0.15) is 29.3 Å². The van der Waals surface area contributed by atoms with Crippen molar-refractivity contribution in [2.24, 2.45) is 0 Å². The number of amides is 1. The highest BCUT2D eigenvalue weighted by Gasteiger charge is 2.32. The highest BCUT2D eigenvalue weighted by atomic mass is 32.2. The Hall–Kier alpha value is -4.23. The van der Waals surface area contributed by atoms with Gasteiger partial charge in [0.15, 0.2) is 5.75 Å². The van der Waals surface area contributed by atoms with E-state index in [0.29, 0.717) is 43.7 Å². The number of alkyl halides is 2. The van der Waals surface area contributed by atoms with Crippen LogP contribution in [0.5, 0.6) is 5.75 Å². The minimum atomic E-state index is -4.28. The third-order valence-corrected chi connectivity index (χ3v) is 8.25. The molecule has 220 valence electrons. The Balaban J connectivity index is 1.36. The van der Waals surface area contributed by atoms with Gasteiger partial charge in [0.25, 0.3) is 15.9 Å². The number of fused-ring (bicyclic) bond motifs is 1. The standard InChI is InChI=1S/C29H28F3N5O4S/c1-2-29(31,32)41-25-16-22(28(38)37-13-11-36(12-14-37)19-20-15-23(30)18-33-17-20)8-9-24(25)35-42(39,40)26-7-3-5-21-6-4-10-34-27(21)26/h3-10,15-18,35H,2,11-14,19H2,1H3. The number of pyridine rings is 2. The second-order valence-corrected chi connectivity index (χ2v) is 11.5. The van der Waals surface area contributed by atoms with Gasteiger partial charge in [-0.2, -0.15) is 8.78 Å². The summed E-state index contributed by atoms with van der Waals surface area (Å²) in [5.74, 6) is -1.33. The fraction of sp³-hybridized carbons (Fsp3) is 0.276. The van der Waals surface area contributed by atoms with Gasteiger partial charge in [0.1, 0.15) is 10.7 Å². The van der Waals surface area contributed by atoms with Crippen LogP contribution < -0.4 is 9.46 Å². The zero-order valence-electron chi connectivity index (χ0n) is 22.6. The number of hydrogen-bond donors (Lipinski definition) is 1. The molecule has 1 saturated heterocycles. The van der Waals surface area contributed by atoms with E-state index in [-0.39, 0.29) is 21.7 Å². The summed E-state index contributed by atoms with van der Waals surface area (Å²) in [6, 6.07) is 13.1. The monoisotopic (exact) mass is 599 g/mol. The fourth-order valence-electron chi connectivity index (χ4n) is 4.64. The molecule has 0 radical (unpaired) electrons. The predicted molar refractivity (Wildman–Crippen MR) is 150 cm³/mol. The molecular formula is C29H28F3N5O4S. The van der Waals surface area contributed by atoms with Crippen LogP contribution in [0.3, 0.4) is 0 Å². The molecule has 1 fully saturated rings. The third kappa shape index (κ3) is 6.63. The average Bonchev–Trinajstić information content (AvgIpc) is 2.97. The zero-order valence-corrected chi connectivity index (χ0v) is 23.5. The molecule has 0 aliphatic carbocycles. The smallest absolute Gasteiger partial charge is 0.397 e. The second-order valence-electron chi connectivity index (χ2n) is 9.82. The number of sulfonamides is 1. The lowest BCUT2D eigenvalue weighted by Crippen LogP contribution is -2.48. The number of rotatable bonds is 9. The number of nitrogens with one attached hydrogen (secondary N) is 1. The molecule has 9 nitrogen and oxygen atoms in total. The average molecular weight is 600 g/mol. The van der Waals surface area contributed by atoms with Crippen molar-refractivity contribution in [2.45, 2.75) is 30.9 Å². The Kier molecular flexibility index (Phi) is 8.32. The van der Waals surface area contributed by atoms with Crippen molar-refractivity contribution in [3.8, 4) is 5.75 Å². The first kappa shape index (κ1) is 29.3. The summed E-state index contributed by atoms with van der Waals surface area (Å²) in [6.45, 7) is 3.42. The van der Waals surface area contributed by atoms with Crippen LogP contribution in [-0.2, 0) is 16.6 Å². The van der Waals surface area contributed by atoms with Gasteiger partial charge in [0, 0.05) is 62.5 Å². The number of halogens is 3. The molecule has 1 aliphatic rings. The molecule has 42 heavy (non-hydrogen) atoms. The zero-order chi connectivity index (χ0) is 29.9. The van der Waals surface area contributed by atoms with Crippen LogP contribution in [0, 0.1) is 5.82 Å². The Morgan fingerprint density at radius 1 is 1.05 bits per heavy atom. The van der Waals surface area contributed by atoms with E-state index in [0.717, 1.165) is 12.3 Å². The Morgan fingerprint density at radius 3 is 2.55 bits per heavy atom. The number of hydrogen-bond acceptors (Lipinski definition) is 7. The molecule has 0 spiro atoms. The first-order valence-corrected chi connectivity index (χ1v) is 14.7. The maximum Gasteiger partial charge on any atom is 0.397 e. The summed E-state index contributed by atoms with van der Waals surface area (Å²) in [5.41, 5.74) is 0.745. The summed E-state index contributed by atoms with van der Waals surface area (Å²) in [6.07, 6.45) is -0.115. The number of ether oxygens (including phenoxy) is 1. The summed E-state index contributed by atoms with van der Waals surface area (Å²) in [5, 5.41) is 0.586. The molecule has 3 heterocycles. The molecule has 0 atom stereocenters. The van der Waals surface area contributed by atoms with E-state index in [1.165, 1.54) is 37.4 Å². The molecule has 2 aromatic heterocycles. The van der Waals surface area contributed by atoms with Crippen molar-refractivity contribution >= 4 is 32.5 Å². The van der Waals surface area contributed by atoms with Crippen molar-refractivity contribution in [3.63, 3.8) is 0 Å². The molecule has 2 aromatic carbocycles. The number of aromatic nitrogens is 2. The number of piperazine rings is 1. The van der Waals surface area contributed by atoms with Gasteiger partial charge in [0.2, 0.25) is 0 Å². The van der Waals surface area contributed by atoms with Crippen molar-refractivity contribution in [1.29, 1.82) is 0 Å². The van der Waals surface area contributed by atoms with E-state index < -0.39 is 40.0 Å². The molecular weight excluding hydrogens is 571 g/mol. The van der Waals surface area contributed by atoms with Gasteiger partial charge in [-0.25, -0.2) is 12.8 Å². The maximum absolute atomic E-state index is 14.4. The molecule has 5 rings (SSSR count). The van der Waals surface area contributed by atoms with Gasteiger partial charge in [0.05, 0.1) is 17.4 Å². The Labute approximate surface area is 241 Å². The lowest BCUT2D eigenvalue weighted by Gasteiger charge is -2.34. The Bertz CT molecular complexity index is 1710. The second kappa shape index (κ2) is 11.9. The van der Waals surface area contributed by atoms with Crippen molar-refractivity contribution in [2.75, 3.05) is 30.9 Å². The van der Waals surface area contributed by atoms with Crippen LogP contribution in [-0.4, -0.2) is 66.4 Å². The SMILES string of the molecule is CCC(F)(F)Oc1cc(C(=O)N2CCN(Cc3cncc(F)c3)CC2)ccc1NS(=O)(=O)c1cccc2cccnc12. The molecule has 1 N–H and O–H groups in total. The van der Waals surface area contributed by atoms with E-state index in [9.17, 15) is 26.4 Å². The van der Waals surface area contributed by atoms with Crippen LogP contribution in [0.2, 0.25) is 0 Å². The van der Waals surface area contributed by atoms with E-state index in [1.807, 2.05) is 0 Å². The minimum absolute atomic E-state index is 0.0643. The molecule has 0 bridgehead atoms. The predicted octanol–water partition coefficient (Wildman–Crippen LogP) is 4.91. The molecule has 1 amide bonds. The van der Waals surface area contributed by atoms with Crippen LogP contribution in [0.4, 0.5) is 18.9 Å². The summed E-state index contributed by atoms with van der Waals surface area (Å²) in [7, 11) is -4.28. The largest absolute Gasteiger partial charge is 0.430 e. The summed E-state index contributed by atoms with van der Waals surface area (Å²) in [4.78, 5) is 24.8. The summed E-state index contributed by atoms with van der Waals surface area (Å²) >= 11 is 0. The first-order valence-electron chi connectivity index (χ1n) is 13.2. The third-order valence-electron chi connectivity index (χ3n) is 6.86. The quantitative estimate of drug-likeness (QED) is 0.292. The number of para-hydroxylation sites is 1. The minimum Gasteiger partial charge on any atom is -0.430 e. The molecule has 0 unspecified atom stereocenters. The van der Waals surface area contributed by atoms with E-state index >= 15 is 0 Å². The normalized spacial score (nSPS) is 14.6. The number of carbonyl (C=O) groups excluding carboxylic acids is 1. The van der Waals surface area contributed by atoms with Crippen LogP contribution in [0.25, 0.3) is 10.9 Å². The Morgan fingerprint density at radius 2 is 1.81 bits per heavy atom. The van der Waals surface area contributed by atoms with Crippen molar-refractivity contribution in [1.82, 2.24) is 19.8 Å². The number of carbonyl (C=O) groups is 1. The van der Waals surface area contributed by atoms with Gasteiger partial charge >= 0.3 is 6.11 Å². The maximum atomic E-state index is 14.4. The lowest BCUT2D eigenvalue weighted by atomic mass is 10.1. The summed E-state index contributed by atoms with van der Waals surface area (Å²) < 4.78 is 76.2. The number of nitrogens with zero attached hydrogens (tertiary/aromatic N) is 4. The molecule has 0 saturated carbocycles. The van der Waals surface area contributed by atoms with Gasteiger partial charge in [-0.15, -0.1) is 0 Å². The van der Waals surface area contributed by atoms with Crippen LogP contribution in [0.15, 0.2) is 78.1 Å². The first-order chi connectivity index (χ1) is 20.0. The molecule has 4 aromatic rings. The number of benzene rings is 2. The van der Waals surface area contributed by atoms with Gasteiger partial charge < -0.3 is 9.64 Å². The fourth-order valence-corrected chi connectivity index (χ4v) is 5.89. The van der Waals surface area contributed by atoms with Crippen molar-refractivity contribution < 1.29 is 31.1 Å². The highest BCUT2D eigenvalue weighted by molar-refractivity contribution is 7.93. The lowest BCUT2D eigenvalue weighted by molar-refractivity contribution is -0.176. The molecule has 13 heteroatoms. The van der Waals surface area contributed by atoms with E-state index in [1.54, 1.807) is 35.4 Å². The van der Waals surface area contributed by atoms with Gasteiger partial charge in [-0.3, -0.25) is 24.4 Å². The van der Waals surface area contributed by atoms with Crippen LogP contribution >= 0.6 is 0 Å². The highest BCUT2D eigenvalue weighted by Crippen LogP contribution is 2.34. The van der Waals surface area contributed by atoms with Crippen molar-refractivity contribution in [3.05, 3.63) is 90.1 Å². The topological polar surface area (TPSA) is 105 Å². The molecule has 1 aliphatic heterocycles. The van der Waals surface area contributed by atoms with Gasteiger partial charge in [-0.1, -0.05) is 25.1 Å². The van der Waals surface area contributed by atoms with E-state index in [4.69, 9.17) is 4.74 Å². The van der Waals surface area contributed by atoms with Gasteiger partial charge in [-0.05, 0) is 42.0 Å².